The van der Waals surface area contributed by atoms with Crippen LogP contribution in [0.15, 0.2) is 48.5 Å². The first kappa shape index (κ1) is 19.3. The first-order valence-corrected chi connectivity index (χ1v) is 8.28. The van der Waals surface area contributed by atoms with Crippen LogP contribution in [0.2, 0.25) is 0 Å². The number of hydrogen-bond donors (Lipinski definition) is 2. The predicted molar refractivity (Wildman–Crippen MR) is 98.6 cm³/mol. The molecule has 2 aromatic rings. The molecule has 0 bridgehead atoms. The molecular formula is C20H23NO5. The lowest BCUT2D eigenvalue weighted by molar-refractivity contribution is 0.0520. The zero-order chi connectivity index (χ0) is 19.2. The van der Waals surface area contributed by atoms with Crippen molar-refractivity contribution in [3.8, 4) is 16.9 Å². The van der Waals surface area contributed by atoms with Crippen molar-refractivity contribution < 1.29 is 24.2 Å². The highest BCUT2D eigenvalue weighted by atomic mass is 16.6. The van der Waals surface area contributed by atoms with Gasteiger partial charge in [0.1, 0.15) is 18.0 Å². The second-order valence-corrected chi connectivity index (χ2v) is 6.69. The largest absolute Gasteiger partial charge is 0.492 e. The minimum Gasteiger partial charge on any atom is -0.492 e. The molecule has 6 nitrogen and oxygen atoms in total. The Labute approximate surface area is 152 Å². The van der Waals surface area contributed by atoms with E-state index in [9.17, 15) is 14.7 Å². The third-order valence-corrected chi connectivity index (χ3v) is 3.30. The van der Waals surface area contributed by atoms with Crippen molar-refractivity contribution in [2.45, 2.75) is 26.4 Å². The standard InChI is InChI=1S/C20H23NO5/c1-20(2,3)26-19(24)21-9-10-25-17-12-15(11-16(13-17)18(22)23)14-7-5-4-6-8-14/h4-8,11-13H,9-10H2,1-3H3,(H,21,24)(H,22,23). The van der Waals surface area contributed by atoms with E-state index in [0.29, 0.717) is 5.75 Å². The van der Waals surface area contributed by atoms with Crippen LogP contribution in [-0.2, 0) is 4.74 Å². The van der Waals surface area contributed by atoms with E-state index in [-0.39, 0.29) is 18.7 Å². The van der Waals surface area contributed by atoms with E-state index < -0.39 is 17.7 Å². The molecular weight excluding hydrogens is 334 g/mol. The molecule has 0 aliphatic rings. The van der Waals surface area contributed by atoms with E-state index >= 15 is 0 Å². The lowest BCUT2D eigenvalue weighted by atomic mass is 10.0. The minimum absolute atomic E-state index is 0.140. The van der Waals surface area contributed by atoms with Crippen LogP contribution < -0.4 is 10.1 Å². The maximum atomic E-state index is 11.6. The number of hydrogen-bond acceptors (Lipinski definition) is 4. The SMILES string of the molecule is CC(C)(C)OC(=O)NCCOc1cc(C(=O)O)cc(-c2ccccc2)c1. The Bertz CT molecular complexity index is 766. The van der Waals surface area contributed by atoms with Gasteiger partial charge < -0.3 is 19.9 Å². The predicted octanol–water partition coefficient (Wildman–Crippen LogP) is 3.96. The molecule has 0 spiro atoms. The van der Waals surface area contributed by atoms with Crippen molar-refractivity contribution in [2.75, 3.05) is 13.2 Å². The normalized spacial score (nSPS) is 10.9. The Morgan fingerprint density at radius 2 is 1.73 bits per heavy atom. The van der Waals surface area contributed by atoms with E-state index in [0.717, 1.165) is 11.1 Å². The summed E-state index contributed by atoms with van der Waals surface area (Å²) in [6, 6.07) is 14.3. The van der Waals surface area contributed by atoms with Crippen LogP contribution in [0.5, 0.6) is 5.75 Å². The maximum Gasteiger partial charge on any atom is 0.407 e. The molecule has 0 atom stereocenters. The van der Waals surface area contributed by atoms with Crippen molar-refractivity contribution in [2.24, 2.45) is 0 Å². The molecule has 0 aliphatic heterocycles. The average Bonchev–Trinajstić information content (AvgIpc) is 2.57. The molecule has 138 valence electrons. The van der Waals surface area contributed by atoms with Gasteiger partial charge in [-0.15, -0.1) is 0 Å². The molecule has 0 aromatic heterocycles. The van der Waals surface area contributed by atoms with Gasteiger partial charge in [-0.1, -0.05) is 30.3 Å². The summed E-state index contributed by atoms with van der Waals surface area (Å²) in [4.78, 5) is 22.9. The summed E-state index contributed by atoms with van der Waals surface area (Å²) < 4.78 is 10.7. The van der Waals surface area contributed by atoms with Gasteiger partial charge in [0, 0.05) is 0 Å². The van der Waals surface area contributed by atoms with Crippen LogP contribution in [0.25, 0.3) is 11.1 Å². The molecule has 26 heavy (non-hydrogen) atoms. The topological polar surface area (TPSA) is 84.9 Å². The molecule has 2 aromatic carbocycles. The number of ether oxygens (including phenoxy) is 2. The monoisotopic (exact) mass is 357 g/mol. The number of carboxylic acids is 1. The zero-order valence-corrected chi connectivity index (χ0v) is 15.1. The van der Waals surface area contributed by atoms with Crippen LogP contribution in [-0.4, -0.2) is 35.9 Å². The average molecular weight is 357 g/mol. The van der Waals surface area contributed by atoms with Crippen LogP contribution in [0.4, 0.5) is 4.79 Å². The smallest absolute Gasteiger partial charge is 0.407 e. The van der Waals surface area contributed by atoms with Gasteiger partial charge in [-0.2, -0.15) is 0 Å². The fourth-order valence-electron chi connectivity index (χ4n) is 2.24. The Morgan fingerprint density at radius 3 is 2.35 bits per heavy atom. The van der Waals surface area contributed by atoms with Crippen molar-refractivity contribution >= 4 is 12.1 Å². The number of amides is 1. The number of carboxylic acid groups (broad SMARTS) is 1. The van der Waals surface area contributed by atoms with Crippen molar-refractivity contribution in [1.29, 1.82) is 0 Å². The molecule has 2 N–H and O–H groups in total. The third kappa shape index (κ3) is 6.12. The highest BCUT2D eigenvalue weighted by Crippen LogP contribution is 2.26. The second-order valence-electron chi connectivity index (χ2n) is 6.69. The summed E-state index contributed by atoms with van der Waals surface area (Å²) in [5.74, 6) is -0.603. The number of rotatable bonds is 6. The second kappa shape index (κ2) is 8.38. The number of benzene rings is 2. The maximum absolute atomic E-state index is 11.6. The van der Waals surface area contributed by atoms with Crippen molar-refractivity contribution in [3.05, 3.63) is 54.1 Å². The van der Waals surface area contributed by atoms with Gasteiger partial charge in [-0.3, -0.25) is 0 Å². The van der Waals surface area contributed by atoms with Gasteiger partial charge in [0.05, 0.1) is 12.1 Å². The zero-order valence-electron chi connectivity index (χ0n) is 15.1. The van der Waals surface area contributed by atoms with Gasteiger partial charge >= 0.3 is 12.1 Å². The van der Waals surface area contributed by atoms with E-state index in [4.69, 9.17) is 9.47 Å². The van der Waals surface area contributed by atoms with Crippen LogP contribution >= 0.6 is 0 Å². The van der Waals surface area contributed by atoms with Crippen LogP contribution in [0.1, 0.15) is 31.1 Å². The quantitative estimate of drug-likeness (QED) is 0.765. The number of carbonyl (C=O) groups is 2. The Balaban J connectivity index is 2.01. The first-order chi connectivity index (χ1) is 12.2. The number of nitrogens with one attached hydrogen (secondary N) is 1. The fourth-order valence-corrected chi connectivity index (χ4v) is 2.24. The number of aromatic carboxylic acids is 1. The fraction of sp³-hybridized carbons (Fsp3) is 0.300. The highest BCUT2D eigenvalue weighted by Gasteiger charge is 2.15. The molecule has 0 aliphatic carbocycles. The van der Waals surface area contributed by atoms with Crippen LogP contribution in [0.3, 0.4) is 0 Å². The summed E-state index contributed by atoms with van der Waals surface area (Å²) in [7, 11) is 0. The Kier molecular flexibility index (Phi) is 6.22. The number of carbonyl (C=O) groups excluding carboxylic acids is 1. The Hall–Kier alpha value is -3.02. The lowest BCUT2D eigenvalue weighted by Gasteiger charge is -2.19. The Morgan fingerprint density at radius 1 is 1.04 bits per heavy atom. The van der Waals surface area contributed by atoms with E-state index in [1.54, 1.807) is 32.9 Å². The molecule has 0 saturated carbocycles. The molecule has 2 rings (SSSR count). The summed E-state index contributed by atoms with van der Waals surface area (Å²) >= 11 is 0. The summed E-state index contributed by atoms with van der Waals surface area (Å²) in [5, 5.41) is 11.9. The van der Waals surface area contributed by atoms with E-state index in [2.05, 4.69) is 5.32 Å². The van der Waals surface area contributed by atoms with Crippen molar-refractivity contribution in [1.82, 2.24) is 5.32 Å². The molecule has 0 fully saturated rings. The molecule has 0 heterocycles. The molecule has 6 heteroatoms. The molecule has 1 amide bonds. The first-order valence-electron chi connectivity index (χ1n) is 8.28. The summed E-state index contributed by atoms with van der Waals surface area (Å²) in [6.45, 7) is 5.78. The van der Waals surface area contributed by atoms with E-state index in [1.807, 2.05) is 30.3 Å². The highest BCUT2D eigenvalue weighted by molar-refractivity contribution is 5.90. The summed E-state index contributed by atoms with van der Waals surface area (Å²) in [6.07, 6.45) is -0.523. The van der Waals surface area contributed by atoms with Crippen molar-refractivity contribution in [3.63, 3.8) is 0 Å². The molecule has 0 unspecified atom stereocenters. The van der Waals surface area contributed by atoms with Gasteiger partial charge in [-0.25, -0.2) is 9.59 Å². The van der Waals surface area contributed by atoms with Gasteiger partial charge in [0.15, 0.2) is 0 Å². The summed E-state index contributed by atoms with van der Waals surface area (Å²) in [5.41, 5.74) is 1.22. The lowest BCUT2D eigenvalue weighted by Crippen LogP contribution is -2.34. The molecule has 0 saturated heterocycles. The minimum atomic E-state index is -1.03. The third-order valence-electron chi connectivity index (χ3n) is 3.30. The molecule has 0 radical (unpaired) electrons. The van der Waals surface area contributed by atoms with Crippen LogP contribution in [0, 0.1) is 0 Å². The van der Waals surface area contributed by atoms with Gasteiger partial charge in [-0.05, 0) is 50.1 Å². The van der Waals surface area contributed by atoms with E-state index in [1.165, 1.54) is 6.07 Å². The number of alkyl carbamates (subject to hydrolysis) is 1. The van der Waals surface area contributed by atoms with Gasteiger partial charge in [0.2, 0.25) is 0 Å². The van der Waals surface area contributed by atoms with Gasteiger partial charge in [0.25, 0.3) is 0 Å².